The number of likely N-dealkylation sites (tertiary alicyclic amines) is 1. The molecule has 0 radical (unpaired) electrons. The fourth-order valence-electron chi connectivity index (χ4n) is 7.85. The average Bonchev–Trinajstić information content (AvgIpc) is 3.67. The van der Waals surface area contributed by atoms with Crippen molar-refractivity contribution in [3.05, 3.63) is 34.1 Å². The van der Waals surface area contributed by atoms with Gasteiger partial charge in [-0.15, -0.1) is 11.3 Å². The molecule has 4 aliphatic rings. The molecule has 5 heterocycles. The van der Waals surface area contributed by atoms with E-state index < -0.39 is 0 Å². The van der Waals surface area contributed by atoms with Crippen molar-refractivity contribution in [3.8, 4) is 11.4 Å². The van der Waals surface area contributed by atoms with Crippen LogP contribution >= 0.6 is 11.3 Å². The SMILES string of the molecule is CC1(C)CCC(N2CCC(OCc3csc(NC(=O)c4nn(C5CCCCO5)c5c4C(C)(C)Cc4cnc(N)nc4-5)n3)CC2)CC1. The Morgan fingerprint density at radius 2 is 1.89 bits per heavy atom. The number of anilines is 2. The normalized spacial score (nSPS) is 23.5. The first kappa shape index (κ1) is 31.7. The van der Waals surface area contributed by atoms with Crippen molar-refractivity contribution in [2.45, 2.75) is 122 Å². The molecule has 1 amide bonds. The predicted molar refractivity (Wildman–Crippen MR) is 179 cm³/mol. The molecular weight excluding hydrogens is 600 g/mol. The molecule has 0 spiro atoms. The fraction of sp³-hybridized carbons (Fsp3) is 0.676. The number of carbonyl (C=O) groups is 1. The number of nitrogen functional groups attached to an aromatic ring is 1. The van der Waals surface area contributed by atoms with Crippen LogP contribution < -0.4 is 11.1 Å². The lowest BCUT2D eigenvalue weighted by molar-refractivity contribution is -0.0386. The van der Waals surface area contributed by atoms with Crippen LogP contribution in [0.2, 0.25) is 0 Å². The summed E-state index contributed by atoms with van der Waals surface area (Å²) in [7, 11) is 0. The van der Waals surface area contributed by atoms with Gasteiger partial charge < -0.3 is 20.1 Å². The Balaban J connectivity index is 1.02. The molecular formula is C34H48N8O3S. The molecule has 1 saturated carbocycles. The Morgan fingerprint density at radius 3 is 2.63 bits per heavy atom. The number of amides is 1. The zero-order valence-electron chi connectivity index (χ0n) is 27.7. The van der Waals surface area contributed by atoms with Crippen LogP contribution in [0.3, 0.4) is 0 Å². The zero-order chi connectivity index (χ0) is 32.1. The molecule has 1 unspecified atom stereocenters. The third kappa shape index (κ3) is 6.46. The third-order valence-electron chi connectivity index (χ3n) is 10.5. The molecule has 3 fully saturated rings. The maximum Gasteiger partial charge on any atom is 0.278 e. The van der Waals surface area contributed by atoms with E-state index in [1.54, 1.807) is 6.20 Å². The van der Waals surface area contributed by atoms with Crippen molar-refractivity contribution < 1.29 is 14.3 Å². The standard InChI is InChI=1S/C34H48N8O3S/c1-33(2)12-8-23(9-13-33)41-14-10-24(11-15-41)45-19-22-20-46-32(37-22)39-30(43)28-26-29(42(40-28)25-7-5-6-16-44-25)27-21(17-34(26,3)4)18-36-31(35)38-27/h18,20,23-25H,5-17,19H2,1-4H3,(H2,35,36,38)(H,37,39,43). The smallest absolute Gasteiger partial charge is 0.278 e. The van der Waals surface area contributed by atoms with Gasteiger partial charge in [0.2, 0.25) is 5.95 Å². The lowest BCUT2D eigenvalue weighted by Gasteiger charge is -2.43. The van der Waals surface area contributed by atoms with Gasteiger partial charge in [0.05, 0.1) is 29.8 Å². The van der Waals surface area contributed by atoms with Crippen LogP contribution in [0.1, 0.15) is 119 Å². The summed E-state index contributed by atoms with van der Waals surface area (Å²) in [5.41, 5.74) is 10.7. The minimum absolute atomic E-state index is 0.198. The molecule has 7 rings (SSSR count). The van der Waals surface area contributed by atoms with E-state index in [-0.39, 0.29) is 29.6 Å². The van der Waals surface area contributed by atoms with Crippen molar-refractivity contribution in [1.82, 2.24) is 29.6 Å². The van der Waals surface area contributed by atoms with Crippen molar-refractivity contribution in [3.63, 3.8) is 0 Å². The second-order valence-corrected chi connectivity index (χ2v) is 15.9. The zero-order valence-corrected chi connectivity index (χ0v) is 28.5. The highest BCUT2D eigenvalue weighted by molar-refractivity contribution is 7.14. The van der Waals surface area contributed by atoms with Gasteiger partial charge in [0.25, 0.3) is 5.91 Å². The number of nitrogens with one attached hydrogen (secondary N) is 1. The maximum absolute atomic E-state index is 13.9. The molecule has 2 aliphatic heterocycles. The first-order chi connectivity index (χ1) is 22.1. The number of piperidine rings is 1. The van der Waals surface area contributed by atoms with E-state index in [0.29, 0.717) is 35.9 Å². The van der Waals surface area contributed by atoms with Gasteiger partial charge in [-0.25, -0.2) is 19.6 Å². The summed E-state index contributed by atoms with van der Waals surface area (Å²) < 4.78 is 14.3. The average molecular weight is 649 g/mol. The summed E-state index contributed by atoms with van der Waals surface area (Å²) in [5.74, 6) is -0.0891. The Morgan fingerprint density at radius 1 is 1.11 bits per heavy atom. The largest absolute Gasteiger partial charge is 0.372 e. The van der Waals surface area contributed by atoms with Crippen molar-refractivity contribution in [2.24, 2.45) is 5.41 Å². The number of ether oxygens (including phenoxy) is 2. The molecule has 12 heteroatoms. The number of carbonyl (C=O) groups excluding carboxylic acids is 1. The molecule has 2 saturated heterocycles. The van der Waals surface area contributed by atoms with Crippen LogP contribution in [0.25, 0.3) is 11.4 Å². The summed E-state index contributed by atoms with van der Waals surface area (Å²) in [6, 6.07) is 0.734. The third-order valence-corrected chi connectivity index (χ3v) is 11.3. The Hall–Kier alpha value is -2.93. The van der Waals surface area contributed by atoms with Crippen LogP contribution in [0.5, 0.6) is 0 Å². The van der Waals surface area contributed by atoms with Crippen molar-refractivity contribution in [2.75, 3.05) is 30.7 Å². The van der Waals surface area contributed by atoms with E-state index >= 15 is 0 Å². The van der Waals surface area contributed by atoms with Gasteiger partial charge in [-0.05, 0) is 80.6 Å². The summed E-state index contributed by atoms with van der Waals surface area (Å²) in [5, 5.41) is 10.5. The Bertz CT molecular complexity index is 1560. The van der Waals surface area contributed by atoms with Crippen LogP contribution in [0.15, 0.2) is 11.6 Å². The van der Waals surface area contributed by atoms with E-state index in [2.05, 4.69) is 47.9 Å². The topological polar surface area (TPSA) is 133 Å². The summed E-state index contributed by atoms with van der Waals surface area (Å²) in [6.45, 7) is 12.4. The number of rotatable bonds is 7. The second-order valence-electron chi connectivity index (χ2n) is 15.0. The number of aromatic nitrogens is 5. The first-order valence-electron chi connectivity index (χ1n) is 17.0. The van der Waals surface area contributed by atoms with Gasteiger partial charge in [-0.3, -0.25) is 10.1 Å². The second kappa shape index (κ2) is 12.6. The van der Waals surface area contributed by atoms with E-state index in [4.69, 9.17) is 25.3 Å². The van der Waals surface area contributed by atoms with Crippen LogP contribution in [0, 0.1) is 5.41 Å². The summed E-state index contributed by atoms with van der Waals surface area (Å²) in [4.78, 5) is 30.2. The molecule has 0 bridgehead atoms. The maximum atomic E-state index is 13.9. The van der Waals surface area contributed by atoms with Gasteiger partial charge in [0.1, 0.15) is 0 Å². The van der Waals surface area contributed by atoms with Gasteiger partial charge in [-0.2, -0.15) is 5.10 Å². The van der Waals surface area contributed by atoms with Crippen LogP contribution in [-0.2, 0) is 27.9 Å². The van der Waals surface area contributed by atoms with Gasteiger partial charge in [-0.1, -0.05) is 27.7 Å². The lowest BCUT2D eigenvalue weighted by Crippen LogP contribution is -2.45. The fourth-order valence-corrected chi connectivity index (χ4v) is 8.54. The number of fused-ring (bicyclic) bond motifs is 3. The number of thiazole rings is 1. The monoisotopic (exact) mass is 648 g/mol. The van der Waals surface area contributed by atoms with E-state index in [0.717, 1.165) is 79.4 Å². The number of hydrogen-bond acceptors (Lipinski definition) is 10. The van der Waals surface area contributed by atoms with Crippen molar-refractivity contribution in [1.29, 1.82) is 0 Å². The van der Waals surface area contributed by atoms with Gasteiger partial charge >= 0.3 is 0 Å². The molecule has 11 nitrogen and oxygen atoms in total. The molecule has 3 aromatic rings. The summed E-state index contributed by atoms with van der Waals surface area (Å²) in [6.07, 6.45) is 12.7. The van der Waals surface area contributed by atoms with E-state index in [9.17, 15) is 4.79 Å². The van der Waals surface area contributed by atoms with Gasteiger partial charge in [0.15, 0.2) is 17.1 Å². The minimum Gasteiger partial charge on any atom is -0.372 e. The van der Waals surface area contributed by atoms with Gasteiger partial charge in [0, 0.05) is 42.9 Å². The Labute approximate surface area is 275 Å². The molecule has 248 valence electrons. The van der Waals surface area contributed by atoms with Crippen LogP contribution in [-0.4, -0.2) is 67.4 Å². The van der Waals surface area contributed by atoms with Crippen LogP contribution in [0.4, 0.5) is 11.1 Å². The quantitative estimate of drug-likeness (QED) is 0.311. The Kier molecular flexibility index (Phi) is 8.67. The predicted octanol–water partition coefficient (Wildman–Crippen LogP) is 6.11. The van der Waals surface area contributed by atoms with E-state index in [1.165, 1.54) is 37.0 Å². The molecule has 0 aromatic carbocycles. The number of nitrogens with zero attached hydrogens (tertiary/aromatic N) is 6. The van der Waals surface area contributed by atoms with Crippen molar-refractivity contribution >= 4 is 28.3 Å². The number of nitrogens with two attached hydrogens (primary N) is 1. The minimum atomic E-state index is -0.383. The van der Waals surface area contributed by atoms with E-state index in [1.807, 2.05) is 10.1 Å². The highest BCUT2D eigenvalue weighted by Gasteiger charge is 2.42. The molecule has 3 N–H and O–H groups in total. The lowest BCUT2D eigenvalue weighted by atomic mass is 9.73. The number of hydrogen-bond donors (Lipinski definition) is 2. The highest BCUT2D eigenvalue weighted by Crippen LogP contribution is 2.46. The summed E-state index contributed by atoms with van der Waals surface area (Å²) >= 11 is 1.41. The molecule has 46 heavy (non-hydrogen) atoms. The molecule has 1 atom stereocenters. The molecule has 2 aliphatic carbocycles. The highest BCUT2D eigenvalue weighted by atomic mass is 32.1. The first-order valence-corrected chi connectivity index (χ1v) is 17.9. The molecule has 3 aromatic heterocycles.